The Hall–Kier alpha value is -0.830. The Kier molecular flexibility index (Phi) is 2.48. The monoisotopic (exact) mass is 238 g/mol. The van der Waals surface area contributed by atoms with E-state index in [0.29, 0.717) is 0 Å². The van der Waals surface area contributed by atoms with Gasteiger partial charge in [-0.25, -0.2) is 4.79 Å². The number of carbonyl (C=O) groups excluding carboxylic acids is 1. The van der Waals surface area contributed by atoms with Gasteiger partial charge < -0.3 is 9.84 Å². The van der Waals surface area contributed by atoms with Crippen LogP contribution >= 0.6 is 0 Å². The fourth-order valence-electron chi connectivity index (χ4n) is 4.05. The van der Waals surface area contributed by atoms with Crippen LogP contribution in [0, 0.1) is 16.7 Å². The van der Waals surface area contributed by atoms with Gasteiger partial charge in [0.05, 0.1) is 0 Å². The third-order valence-corrected chi connectivity index (χ3v) is 5.75. The first-order valence-electron chi connectivity index (χ1n) is 6.24. The number of fused-ring (bicyclic) bond motifs is 2. The highest BCUT2D eigenvalue weighted by molar-refractivity contribution is 5.81. The standard InChI is InChI=1S/C14H22O3/c1-6-10(15)17-11-9-7-8-13(4,12(9,2)3)14(11,5)16/h6,9,11,16H,1,7-8H2,2-5H3/t9-,11?,13+,14-/m0/s1. The van der Waals surface area contributed by atoms with Crippen LogP contribution in [0.1, 0.15) is 40.5 Å². The molecule has 0 amide bonds. The van der Waals surface area contributed by atoms with Crippen molar-refractivity contribution in [1.82, 2.24) is 0 Å². The molecule has 0 aliphatic heterocycles. The number of esters is 1. The van der Waals surface area contributed by atoms with Crippen LogP contribution in [0.5, 0.6) is 0 Å². The van der Waals surface area contributed by atoms with Crippen molar-refractivity contribution in [2.24, 2.45) is 16.7 Å². The van der Waals surface area contributed by atoms with Crippen LogP contribution < -0.4 is 0 Å². The maximum absolute atomic E-state index is 11.4. The molecule has 2 rings (SSSR count). The van der Waals surface area contributed by atoms with E-state index in [9.17, 15) is 9.90 Å². The molecule has 0 saturated heterocycles. The predicted octanol–water partition coefficient (Wildman–Crippen LogP) is 2.29. The van der Waals surface area contributed by atoms with Gasteiger partial charge in [-0.15, -0.1) is 0 Å². The van der Waals surface area contributed by atoms with Crippen LogP contribution in [-0.4, -0.2) is 22.8 Å². The van der Waals surface area contributed by atoms with Crippen LogP contribution in [0.25, 0.3) is 0 Å². The minimum atomic E-state index is -0.960. The molecule has 0 aromatic heterocycles. The van der Waals surface area contributed by atoms with Crippen molar-refractivity contribution >= 4 is 5.97 Å². The van der Waals surface area contributed by atoms with Crippen molar-refractivity contribution in [3.8, 4) is 0 Å². The normalized spacial score (nSPS) is 46.9. The summed E-state index contributed by atoms with van der Waals surface area (Å²) in [5.74, 6) is -0.214. The second-order valence-corrected chi connectivity index (χ2v) is 6.41. The minimum Gasteiger partial charge on any atom is -0.456 e. The lowest BCUT2D eigenvalue weighted by Crippen LogP contribution is -2.52. The summed E-state index contributed by atoms with van der Waals surface area (Å²) in [6, 6.07) is 0. The molecule has 4 atom stereocenters. The Morgan fingerprint density at radius 2 is 2.00 bits per heavy atom. The van der Waals surface area contributed by atoms with Gasteiger partial charge in [0, 0.05) is 17.4 Å². The molecule has 3 nitrogen and oxygen atoms in total. The van der Waals surface area contributed by atoms with Gasteiger partial charge in [0.2, 0.25) is 0 Å². The quantitative estimate of drug-likeness (QED) is 0.593. The first-order valence-corrected chi connectivity index (χ1v) is 6.24. The maximum atomic E-state index is 11.4. The van der Waals surface area contributed by atoms with Gasteiger partial charge in [0.1, 0.15) is 11.7 Å². The second kappa shape index (κ2) is 3.35. The number of carbonyl (C=O) groups is 1. The van der Waals surface area contributed by atoms with E-state index in [1.807, 2.05) is 0 Å². The van der Waals surface area contributed by atoms with Gasteiger partial charge in [-0.2, -0.15) is 0 Å². The first-order chi connectivity index (χ1) is 7.68. The number of ether oxygens (including phenoxy) is 1. The van der Waals surface area contributed by atoms with Crippen LogP contribution in [0.15, 0.2) is 12.7 Å². The number of aliphatic hydroxyl groups is 1. The van der Waals surface area contributed by atoms with E-state index in [4.69, 9.17) is 4.74 Å². The molecule has 17 heavy (non-hydrogen) atoms. The van der Waals surface area contributed by atoms with Gasteiger partial charge in [-0.1, -0.05) is 27.4 Å². The van der Waals surface area contributed by atoms with Gasteiger partial charge in [-0.05, 0) is 25.2 Å². The fraction of sp³-hybridized carbons (Fsp3) is 0.786. The molecule has 2 aliphatic rings. The maximum Gasteiger partial charge on any atom is 0.330 e. The Bertz CT molecular complexity index is 370. The van der Waals surface area contributed by atoms with Crippen molar-refractivity contribution in [2.75, 3.05) is 0 Å². The van der Waals surface area contributed by atoms with E-state index >= 15 is 0 Å². The smallest absolute Gasteiger partial charge is 0.330 e. The molecule has 0 aromatic carbocycles. The fourth-order valence-corrected chi connectivity index (χ4v) is 4.05. The van der Waals surface area contributed by atoms with Crippen molar-refractivity contribution in [3.05, 3.63) is 12.7 Å². The van der Waals surface area contributed by atoms with Crippen molar-refractivity contribution in [3.63, 3.8) is 0 Å². The molecule has 2 fully saturated rings. The summed E-state index contributed by atoms with van der Waals surface area (Å²) >= 11 is 0. The second-order valence-electron chi connectivity index (χ2n) is 6.41. The van der Waals surface area contributed by atoms with E-state index in [2.05, 4.69) is 27.4 Å². The molecule has 0 aromatic rings. The van der Waals surface area contributed by atoms with Gasteiger partial charge in [0.15, 0.2) is 0 Å². The molecule has 1 unspecified atom stereocenters. The molecule has 0 heterocycles. The molecule has 0 spiro atoms. The van der Waals surface area contributed by atoms with Crippen LogP contribution in [0.4, 0.5) is 0 Å². The highest BCUT2D eigenvalue weighted by Gasteiger charge is 2.72. The summed E-state index contributed by atoms with van der Waals surface area (Å²) in [6.45, 7) is 11.7. The third-order valence-electron chi connectivity index (χ3n) is 5.75. The largest absolute Gasteiger partial charge is 0.456 e. The molecule has 2 saturated carbocycles. The number of hydrogen-bond donors (Lipinski definition) is 1. The molecule has 3 heteroatoms. The zero-order valence-electron chi connectivity index (χ0n) is 11.1. The van der Waals surface area contributed by atoms with Crippen molar-refractivity contribution in [1.29, 1.82) is 0 Å². The lowest BCUT2D eigenvalue weighted by atomic mass is 9.65. The molecule has 2 bridgehead atoms. The topological polar surface area (TPSA) is 46.5 Å². The van der Waals surface area contributed by atoms with Gasteiger partial charge in [-0.3, -0.25) is 0 Å². The Balaban J connectivity index is 2.37. The third kappa shape index (κ3) is 1.29. The number of rotatable bonds is 2. The molecule has 1 N–H and O–H groups in total. The van der Waals surface area contributed by atoms with Crippen LogP contribution in [0.3, 0.4) is 0 Å². The van der Waals surface area contributed by atoms with E-state index in [1.165, 1.54) is 0 Å². The Labute approximate surface area is 103 Å². The highest BCUT2D eigenvalue weighted by Crippen LogP contribution is 2.70. The highest BCUT2D eigenvalue weighted by atomic mass is 16.6. The summed E-state index contributed by atoms with van der Waals surface area (Å²) in [4.78, 5) is 11.4. The minimum absolute atomic E-state index is 0.0113. The van der Waals surface area contributed by atoms with Gasteiger partial charge in [0.25, 0.3) is 0 Å². The van der Waals surface area contributed by atoms with E-state index < -0.39 is 17.7 Å². The van der Waals surface area contributed by atoms with Crippen LogP contribution in [0.2, 0.25) is 0 Å². The Morgan fingerprint density at radius 1 is 1.41 bits per heavy atom. The average Bonchev–Trinajstić information content (AvgIpc) is 2.52. The molecule has 96 valence electrons. The zero-order valence-corrected chi connectivity index (χ0v) is 11.1. The zero-order chi connectivity index (χ0) is 13.1. The lowest BCUT2D eigenvalue weighted by Gasteiger charge is -2.44. The van der Waals surface area contributed by atoms with E-state index in [1.54, 1.807) is 6.92 Å². The molecular weight excluding hydrogens is 216 g/mol. The van der Waals surface area contributed by atoms with E-state index in [0.717, 1.165) is 18.9 Å². The summed E-state index contributed by atoms with van der Waals surface area (Å²) < 4.78 is 5.40. The van der Waals surface area contributed by atoms with Crippen LogP contribution in [-0.2, 0) is 9.53 Å². The SMILES string of the molecule is C=CC(=O)OC1[C@@H]2CC[C@](C)(C2(C)C)[C@@]1(C)O. The van der Waals surface area contributed by atoms with Crippen molar-refractivity contribution in [2.45, 2.75) is 52.2 Å². The first kappa shape index (κ1) is 12.6. The molecular formula is C14H22O3. The molecule has 0 radical (unpaired) electrons. The van der Waals surface area contributed by atoms with Gasteiger partial charge >= 0.3 is 5.97 Å². The van der Waals surface area contributed by atoms with Crippen molar-refractivity contribution < 1.29 is 14.6 Å². The summed E-state index contributed by atoms with van der Waals surface area (Å²) in [7, 11) is 0. The summed E-state index contributed by atoms with van der Waals surface area (Å²) in [6.07, 6.45) is 2.74. The molecule has 2 aliphatic carbocycles. The Morgan fingerprint density at radius 3 is 2.41 bits per heavy atom. The lowest BCUT2D eigenvalue weighted by molar-refractivity contribution is -0.174. The average molecular weight is 238 g/mol. The summed E-state index contributed by atoms with van der Waals surface area (Å²) in [5, 5.41) is 10.8. The van der Waals surface area contributed by atoms with E-state index in [-0.39, 0.29) is 16.7 Å². The number of hydrogen-bond acceptors (Lipinski definition) is 3. The predicted molar refractivity (Wildman–Crippen MR) is 65.3 cm³/mol. The summed E-state index contributed by atoms with van der Waals surface area (Å²) in [5.41, 5.74) is -1.17.